The maximum Gasteiger partial charge on any atom is 0.408 e. The summed E-state index contributed by atoms with van der Waals surface area (Å²) in [5.41, 5.74) is -0.675. The summed E-state index contributed by atoms with van der Waals surface area (Å²) in [4.78, 5) is 36.5. The Kier molecular flexibility index (Phi) is 7.01. The Balaban J connectivity index is 2.70. The molecule has 3 N–H and O–H groups in total. The summed E-state index contributed by atoms with van der Waals surface area (Å²) in [6, 6.07) is -0.709. The van der Waals surface area contributed by atoms with Crippen LogP contribution in [-0.2, 0) is 9.53 Å². The SMILES string of the molecule is CC(C)C[C@@H](C(=O)CNC[C@@H]1CNC(=O)O1)N(C(=O)O)C(C)(C)C. The van der Waals surface area contributed by atoms with Gasteiger partial charge in [0.25, 0.3) is 0 Å². The van der Waals surface area contributed by atoms with Crippen molar-refractivity contribution in [2.75, 3.05) is 19.6 Å². The standard InChI is InChI=1S/C16H29N3O5/c1-10(2)6-12(19(15(22)23)16(3,4)5)13(20)9-17-7-11-8-18-14(21)24-11/h10-12,17H,6-9H2,1-5H3,(H,18,21)(H,22,23)/t11-,12+/m1/s1. The summed E-state index contributed by atoms with van der Waals surface area (Å²) in [6.45, 7) is 10.0. The van der Waals surface area contributed by atoms with Crippen LogP contribution in [0.3, 0.4) is 0 Å². The van der Waals surface area contributed by atoms with Crippen molar-refractivity contribution in [2.45, 2.75) is 58.7 Å². The van der Waals surface area contributed by atoms with Crippen LogP contribution in [0.1, 0.15) is 41.0 Å². The van der Waals surface area contributed by atoms with Crippen LogP contribution in [0.25, 0.3) is 0 Å². The molecule has 1 aliphatic heterocycles. The summed E-state index contributed by atoms with van der Waals surface area (Å²) in [5, 5.41) is 15.1. The zero-order valence-corrected chi connectivity index (χ0v) is 15.1. The van der Waals surface area contributed by atoms with E-state index in [9.17, 15) is 19.5 Å². The van der Waals surface area contributed by atoms with Gasteiger partial charge in [-0.05, 0) is 33.1 Å². The molecule has 0 saturated carbocycles. The van der Waals surface area contributed by atoms with Crippen LogP contribution in [0, 0.1) is 5.92 Å². The van der Waals surface area contributed by atoms with Gasteiger partial charge in [0.05, 0.1) is 19.1 Å². The summed E-state index contributed by atoms with van der Waals surface area (Å²) in [7, 11) is 0. The minimum atomic E-state index is -1.10. The molecule has 0 spiro atoms. The maximum atomic E-state index is 12.6. The summed E-state index contributed by atoms with van der Waals surface area (Å²) in [6.07, 6.45) is -1.41. The normalized spacial score (nSPS) is 18.9. The Hall–Kier alpha value is -1.83. The summed E-state index contributed by atoms with van der Waals surface area (Å²) >= 11 is 0. The number of rotatable bonds is 8. The van der Waals surface area contributed by atoms with Crippen molar-refractivity contribution in [3.05, 3.63) is 0 Å². The molecule has 24 heavy (non-hydrogen) atoms. The fourth-order valence-electron chi connectivity index (χ4n) is 2.74. The molecule has 0 aromatic carbocycles. The number of Topliss-reactive ketones (excluding diaryl/α,β-unsaturated/α-hetero) is 1. The second kappa shape index (κ2) is 8.32. The average Bonchev–Trinajstić information content (AvgIpc) is 2.81. The number of cyclic esters (lactones) is 1. The number of nitrogens with zero attached hydrogens (tertiary/aromatic N) is 1. The van der Waals surface area contributed by atoms with Gasteiger partial charge in [0.2, 0.25) is 0 Å². The number of carbonyl (C=O) groups excluding carboxylic acids is 2. The lowest BCUT2D eigenvalue weighted by Gasteiger charge is -2.39. The molecule has 0 aliphatic carbocycles. The molecule has 1 rings (SSSR count). The minimum absolute atomic E-state index is 0.0330. The van der Waals surface area contributed by atoms with Crippen molar-refractivity contribution in [1.29, 1.82) is 0 Å². The molecule has 8 nitrogen and oxygen atoms in total. The second-order valence-corrected chi connectivity index (χ2v) is 7.47. The molecule has 2 atom stereocenters. The van der Waals surface area contributed by atoms with Gasteiger partial charge in [-0.15, -0.1) is 0 Å². The van der Waals surface area contributed by atoms with E-state index in [0.717, 1.165) is 0 Å². The first-order valence-corrected chi connectivity index (χ1v) is 8.22. The Morgan fingerprint density at radius 3 is 2.46 bits per heavy atom. The van der Waals surface area contributed by atoms with E-state index < -0.39 is 23.8 Å². The number of carbonyl (C=O) groups is 3. The van der Waals surface area contributed by atoms with Crippen LogP contribution in [0.5, 0.6) is 0 Å². The van der Waals surface area contributed by atoms with Crippen molar-refractivity contribution < 1.29 is 24.2 Å². The molecule has 2 amide bonds. The molecular weight excluding hydrogens is 314 g/mol. The van der Waals surface area contributed by atoms with Gasteiger partial charge in [-0.1, -0.05) is 13.8 Å². The Labute approximate surface area is 142 Å². The fourth-order valence-corrected chi connectivity index (χ4v) is 2.74. The highest BCUT2D eigenvalue weighted by Crippen LogP contribution is 2.22. The fraction of sp³-hybridized carbons (Fsp3) is 0.812. The lowest BCUT2D eigenvalue weighted by molar-refractivity contribution is -0.125. The van der Waals surface area contributed by atoms with Crippen LogP contribution < -0.4 is 10.6 Å². The van der Waals surface area contributed by atoms with Gasteiger partial charge < -0.3 is 20.5 Å². The number of nitrogens with one attached hydrogen (secondary N) is 2. The van der Waals surface area contributed by atoms with E-state index in [4.69, 9.17) is 4.74 Å². The van der Waals surface area contributed by atoms with Crippen LogP contribution >= 0.6 is 0 Å². The van der Waals surface area contributed by atoms with Gasteiger partial charge >= 0.3 is 12.2 Å². The van der Waals surface area contributed by atoms with Crippen LogP contribution in [0.4, 0.5) is 9.59 Å². The van der Waals surface area contributed by atoms with Gasteiger partial charge in [0.15, 0.2) is 5.78 Å². The first kappa shape index (κ1) is 20.2. The first-order chi connectivity index (χ1) is 11.0. The molecule has 0 aromatic heterocycles. The molecule has 138 valence electrons. The molecule has 0 unspecified atom stereocenters. The van der Waals surface area contributed by atoms with Gasteiger partial charge in [-0.2, -0.15) is 0 Å². The molecular formula is C16H29N3O5. The van der Waals surface area contributed by atoms with E-state index in [0.29, 0.717) is 19.5 Å². The van der Waals surface area contributed by atoms with Crippen molar-refractivity contribution in [2.24, 2.45) is 5.92 Å². The van der Waals surface area contributed by atoms with E-state index in [2.05, 4.69) is 10.6 Å². The summed E-state index contributed by atoms with van der Waals surface area (Å²) in [5.74, 6) is 0.00134. The van der Waals surface area contributed by atoms with E-state index in [-0.39, 0.29) is 24.3 Å². The number of carboxylic acid groups (broad SMARTS) is 1. The Bertz CT molecular complexity index is 473. The molecule has 8 heteroatoms. The number of ketones is 1. The van der Waals surface area contributed by atoms with Gasteiger partial charge in [0, 0.05) is 12.1 Å². The molecule has 1 aliphatic rings. The molecule has 0 radical (unpaired) electrons. The molecule has 1 saturated heterocycles. The van der Waals surface area contributed by atoms with Crippen molar-refractivity contribution in [1.82, 2.24) is 15.5 Å². The molecule has 0 bridgehead atoms. The highest BCUT2D eigenvalue weighted by Gasteiger charge is 2.37. The molecule has 0 aromatic rings. The average molecular weight is 343 g/mol. The third-order valence-electron chi connectivity index (χ3n) is 3.73. The van der Waals surface area contributed by atoms with E-state index in [1.165, 1.54) is 4.90 Å². The quantitative estimate of drug-likeness (QED) is 0.615. The zero-order valence-electron chi connectivity index (χ0n) is 15.1. The lowest BCUT2D eigenvalue weighted by atomic mass is 9.94. The zero-order chi connectivity index (χ0) is 18.5. The van der Waals surface area contributed by atoms with Crippen LogP contribution in [0.15, 0.2) is 0 Å². The van der Waals surface area contributed by atoms with E-state index in [1.807, 2.05) is 13.8 Å². The second-order valence-electron chi connectivity index (χ2n) is 7.47. The predicted molar refractivity (Wildman–Crippen MR) is 89.0 cm³/mol. The highest BCUT2D eigenvalue weighted by atomic mass is 16.6. The van der Waals surface area contributed by atoms with Crippen molar-refractivity contribution >= 4 is 18.0 Å². The monoisotopic (exact) mass is 343 g/mol. The van der Waals surface area contributed by atoms with Crippen LogP contribution in [-0.4, -0.2) is 65.3 Å². The molecule has 1 fully saturated rings. The predicted octanol–water partition coefficient (Wildman–Crippen LogP) is 1.45. The number of hydrogen-bond acceptors (Lipinski definition) is 5. The Morgan fingerprint density at radius 2 is 2.04 bits per heavy atom. The van der Waals surface area contributed by atoms with Gasteiger partial charge in [0.1, 0.15) is 6.10 Å². The number of ether oxygens (including phenoxy) is 1. The lowest BCUT2D eigenvalue weighted by Crippen LogP contribution is -2.56. The van der Waals surface area contributed by atoms with E-state index in [1.54, 1.807) is 20.8 Å². The largest absolute Gasteiger partial charge is 0.465 e. The van der Waals surface area contributed by atoms with Crippen molar-refractivity contribution in [3.8, 4) is 0 Å². The number of amides is 2. The third kappa shape index (κ3) is 5.99. The topological polar surface area (TPSA) is 108 Å². The first-order valence-electron chi connectivity index (χ1n) is 8.22. The highest BCUT2D eigenvalue weighted by molar-refractivity contribution is 5.89. The number of hydrogen-bond donors (Lipinski definition) is 3. The minimum Gasteiger partial charge on any atom is -0.465 e. The van der Waals surface area contributed by atoms with Gasteiger partial charge in [-0.3, -0.25) is 9.69 Å². The third-order valence-corrected chi connectivity index (χ3v) is 3.73. The smallest absolute Gasteiger partial charge is 0.408 e. The van der Waals surface area contributed by atoms with Gasteiger partial charge in [-0.25, -0.2) is 9.59 Å². The van der Waals surface area contributed by atoms with E-state index >= 15 is 0 Å². The van der Waals surface area contributed by atoms with Crippen LogP contribution in [0.2, 0.25) is 0 Å². The Morgan fingerprint density at radius 1 is 1.42 bits per heavy atom. The molecule has 1 heterocycles. The maximum absolute atomic E-state index is 12.6. The number of alkyl carbamates (subject to hydrolysis) is 1. The summed E-state index contributed by atoms with van der Waals surface area (Å²) < 4.78 is 4.98. The van der Waals surface area contributed by atoms with Crippen molar-refractivity contribution in [3.63, 3.8) is 0 Å².